The Hall–Kier alpha value is -1.79. The van der Waals surface area contributed by atoms with Crippen LogP contribution in [0.1, 0.15) is 34.1 Å². The van der Waals surface area contributed by atoms with Gasteiger partial charge in [-0.15, -0.1) is 0 Å². The van der Waals surface area contributed by atoms with Gasteiger partial charge in [0.05, 0.1) is 13.0 Å². The lowest BCUT2D eigenvalue weighted by atomic mass is 9.97. The quantitative estimate of drug-likeness (QED) is 0.659. The van der Waals surface area contributed by atoms with Gasteiger partial charge in [0.2, 0.25) is 0 Å². The Morgan fingerprint density at radius 2 is 1.76 bits per heavy atom. The van der Waals surface area contributed by atoms with Gasteiger partial charge < -0.3 is 20.1 Å². The van der Waals surface area contributed by atoms with E-state index in [0.717, 1.165) is 0 Å². The maximum Gasteiger partial charge on any atom is 0.325 e. The SMILES string of the molecule is COC(=O)CN(C(=O)NCC(CC(C)C)C(=O)O)C(C)C. The van der Waals surface area contributed by atoms with Crippen LogP contribution < -0.4 is 5.32 Å². The van der Waals surface area contributed by atoms with Crippen LogP contribution in [0.5, 0.6) is 0 Å². The first-order chi connectivity index (χ1) is 9.68. The molecular weight excluding hydrogens is 276 g/mol. The van der Waals surface area contributed by atoms with Crippen molar-refractivity contribution in [1.29, 1.82) is 0 Å². The smallest absolute Gasteiger partial charge is 0.325 e. The lowest BCUT2D eigenvalue weighted by molar-refractivity contribution is -0.143. The fourth-order valence-electron chi connectivity index (χ4n) is 1.85. The monoisotopic (exact) mass is 302 g/mol. The van der Waals surface area contributed by atoms with Crippen molar-refractivity contribution in [3.8, 4) is 0 Å². The number of urea groups is 1. The van der Waals surface area contributed by atoms with E-state index in [-0.39, 0.29) is 25.0 Å². The zero-order chi connectivity index (χ0) is 16.6. The molecule has 0 spiro atoms. The second kappa shape index (κ2) is 9.20. The number of aliphatic carboxylic acids is 1. The molecular formula is C14H26N2O5. The van der Waals surface area contributed by atoms with Crippen LogP contribution in [0.3, 0.4) is 0 Å². The lowest BCUT2D eigenvalue weighted by Gasteiger charge is -2.26. The highest BCUT2D eigenvalue weighted by Crippen LogP contribution is 2.11. The summed E-state index contributed by atoms with van der Waals surface area (Å²) >= 11 is 0. The molecule has 1 unspecified atom stereocenters. The lowest BCUT2D eigenvalue weighted by Crippen LogP contribution is -2.48. The number of nitrogens with one attached hydrogen (secondary N) is 1. The molecule has 2 N–H and O–H groups in total. The molecule has 7 heteroatoms. The minimum absolute atomic E-state index is 0.0384. The Bertz CT molecular complexity index is 368. The van der Waals surface area contributed by atoms with Crippen molar-refractivity contribution in [2.75, 3.05) is 20.2 Å². The van der Waals surface area contributed by atoms with E-state index in [1.54, 1.807) is 13.8 Å². The molecule has 0 fully saturated rings. The van der Waals surface area contributed by atoms with E-state index in [1.807, 2.05) is 13.8 Å². The Morgan fingerprint density at radius 3 is 2.14 bits per heavy atom. The molecule has 0 aliphatic rings. The Balaban J connectivity index is 4.60. The van der Waals surface area contributed by atoms with E-state index in [0.29, 0.717) is 6.42 Å². The highest BCUT2D eigenvalue weighted by Gasteiger charge is 2.24. The van der Waals surface area contributed by atoms with Crippen LogP contribution in [0.2, 0.25) is 0 Å². The largest absolute Gasteiger partial charge is 0.481 e. The molecule has 1 atom stereocenters. The highest BCUT2D eigenvalue weighted by atomic mass is 16.5. The maximum atomic E-state index is 12.1. The summed E-state index contributed by atoms with van der Waals surface area (Å²) in [5.74, 6) is -1.87. The Labute approximate surface area is 125 Å². The zero-order valence-corrected chi connectivity index (χ0v) is 13.4. The predicted molar refractivity (Wildman–Crippen MR) is 77.8 cm³/mol. The Kier molecular flexibility index (Phi) is 8.42. The van der Waals surface area contributed by atoms with Gasteiger partial charge in [-0.3, -0.25) is 9.59 Å². The van der Waals surface area contributed by atoms with Crippen LogP contribution in [0.25, 0.3) is 0 Å². The molecule has 0 aliphatic carbocycles. The molecule has 0 rings (SSSR count). The molecule has 0 radical (unpaired) electrons. The summed E-state index contributed by atoms with van der Waals surface area (Å²) in [4.78, 5) is 35.8. The number of esters is 1. The second-order valence-corrected chi connectivity index (χ2v) is 5.65. The molecule has 0 aromatic rings. The number of nitrogens with zero attached hydrogens (tertiary/aromatic N) is 1. The average Bonchev–Trinajstić information content (AvgIpc) is 2.38. The van der Waals surface area contributed by atoms with Crippen LogP contribution in [0, 0.1) is 11.8 Å². The van der Waals surface area contributed by atoms with Crippen LogP contribution in [-0.2, 0) is 14.3 Å². The van der Waals surface area contributed by atoms with Crippen molar-refractivity contribution < 1.29 is 24.2 Å². The van der Waals surface area contributed by atoms with Crippen LogP contribution >= 0.6 is 0 Å². The number of amides is 2. The number of ether oxygens (including phenoxy) is 1. The van der Waals surface area contributed by atoms with E-state index in [4.69, 9.17) is 5.11 Å². The third-order valence-corrected chi connectivity index (χ3v) is 3.02. The maximum absolute atomic E-state index is 12.1. The molecule has 0 aromatic heterocycles. The van der Waals surface area contributed by atoms with Crippen LogP contribution in [0.4, 0.5) is 4.79 Å². The molecule has 0 aliphatic heterocycles. The number of carboxylic acids is 1. The summed E-state index contributed by atoms with van der Waals surface area (Å²) in [5, 5.41) is 11.7. The van der Waals surface area contributed by atoms with E-state index in [1.165, 1.54) is 12.0 Å². The molecule has 0 bridgehead atoms. The second-order valence-electron chi connectivity index (χ2n) is 5.65. The highest BCUT2D eigenvalue weighted by molar-refractivity contribution is 5.81. The molecule has 122 valence electrons. The van der Waals surface area contributed by atoms with Gasteiger partial charge in [-0.05, 0) is 26.2 Å². The van der Waals surface area contributed by atoms with E-state index >= 15 is 0 Å². The van der Waals surface area contributed by atoms with Gasteiger partial charge in [0, 0.05) is 12.6 Å². The standard InChI is InChI=1S/C14H26N2O5/c1-9(2)6-11(13(18)19)7-15-14(20)16(10(3)4)8-12(17)21-5/h9-11H,6-8H2,1-5H3,(H,15,20)(H,18,19). The van der Waals surface area contributed by atoms with Crippen molar-refractivity contribution in [1.82, 2.24) is 10.2 Å². The van der Waals surface area contributed by atoms with Crippen molar-refractivity contribution >= 4 is 18.0 Å². The van der Waals surface area contributed by atoms with Crippen molar-refractivity contribution in [2.24, 2.45) is 11.8 Å². The van der Waals surface area contributed by atoms with Crippen molar-refractivity contribution in [3.05, 3.63) is 0 Å². The minimum atomic E-state index is -0.937. The topological polar surface area (TPSA) is 95.9 Å². The summed E-state index contributed by atoms with van der Waals surface area (Å²) in [5.41, 5.74) is 0. The number of carbonyl (C=O) groups excluding carboxylic acids is 2. The molecule has 0 saturated heterocycles. The number of rotatable bonds is 8. The average molecular weight is 302 g/mol. The molecule has 21 heavy (non-hydrogen) atoms. The molecule has 7 nitrogen and oxygen atoms in total. The van der Waals surface area contributed by atoms with Gasteiger partial charge in [-0.2, -0.15) is 0 Å². The summed E-state index contributed by atoms with van der Waals surface area (Å²) in [6.45, 7) is 7.26. The number of hydrogen-bond acceptors (Lipinski definition) is 4. The number of hydrogen-bond donors (Lipinski definition) is 2. The molecule has 0 aromatic carbocycles. The third kappa shape index (κ3) is 7.53. The van der Waals surface area contributed by atoms with Gasteiger partial charge in [0.15, 0.2) is 0 Å². The van der Waals surface area contributed by atoms with Gasteiger partial charge in [0.25, 0.3) is 0 Å². The van der Waals surface area contributed by atoms with Crippen LogP contribution in [0.15, 0.2) is 0 Å². The molecule has 0 saturated carbocycles. The normalized spacial score (nSPS) is 12.1. The van der Waals surface area contributed by atoms with Crippen molar-refractivity contribution in [3.63, 3.8) is 0 Å². The number of carboxylic acid groups (broad SMARTS) is 1. The fraction of sp³-hybridized carbons (Fsp3) is 0.786. The van der Waals surface area contributed by atoms with Gasteiger partial charge in [-0.1, -0.05) is 13.8 Å². The minimum Gasteiger partial charge on any atom is -0.481 e. The van der Waals surface area contributed by atoms with E-state index in [2.05, 4.69) is 10.1 Å². The molecule has 0 heterocycles. The van der Waals surface area contributed by atoms with E-state index < -0.39 is 23.9 Å². The van der Waals surface area contributed by atoms with Crippen molar-refractivity contribution in [2.45, 2.75) is 40.2 Å². The zero-order valence-electron chi connectivity index (χ0n) is 13.4. The first-order valence-electron chi connectivity index (χ1n) is 7.03. The summed E-state index contributed by atoms with van der Waals surface area (Å²) in [6.07, 6.45) is 0.480. The van der Waals surface area contributed by atoms with Crippen LogP contribution in [-0.4, -0.2) is 54.2 Å². The van der Waals surface area contributed by atoms with Gasteiger partial charge >= 0.3 is 18.0 Å². The predicted octanol–water partition coefficient (Wildman–Crippen LogP) is 1.33. The van der Waals surface area contributed by atoms with E-state index in [9.17, 15) is 14.4 Å². The van der Waals surface area contributed by atoms with Gasteiger partial charge in [-0.25, -0.2) is 4.79 Å². The summed E-state index contributed by atoms with van der Waals surface area (Å²) < 4.78 is 4.54. The number of methoxy groups -OCH3 is 1. The van der Waals surface area contributed by atoms with Gasteiger partial charge in [0.1, 0.15) is 6.54 Å². The summed E-state index contributed by atoms with van der Waals surface area (Å²) in [7, 11) is 1.25. The number of carbonyl (C=O) groups is 3. The summed E-state index contributed by atoms with van der Waals surface area (Å²) in [6, 6.07) is -0.664. The third-order valence-electron chi connectivity index (χ3n) is 3.02. The first-order valence-corrected chi connectivity index (χ1v) is 7.03. The fourth-order valence-corrected chi connectivity index (χ4v) is 1.85. The Morgan fingerprint density at radius 1 is 1.19 bits per heavy atom. The first kappa shape index (κ1) is 19.2. The molecule has 2 amide bonds.